The van der Waals surface area contributed by atoms with Crippen LogP contribution in [-0.4, -0.2) is 42.2 Å². The minimum atomic E-state index is -0.961. The van der Waals surface area contributed by atoms with E-state index >= 15 is 0 Å². The second-order valence-electron chi connectivity index (χ2n) is 5.06. The first-order chi connectivity index (χ1) is 8.24. The minimum Gasteiger partial charge on any atom is -0.478 e. The SMILES string of the molecule is CN(C)C(C)(C)CNc1cc(Cl)ccc1C(=O)O. The van der Waals surface area contributed by atoms with Gasteiger partial charge in [0.2, 0.25) is 0 Å². The van der Waals surface area contributed by atoms with E-state index in [2.05, 4.69) is 24.1 Å². The Balaban J connectivity index is 2.90. The molecule has 4 nitrogen and oxygen atoms in total. The largest absolute Gasteiger partial charge is 0.478 e. The van der Waals surface area contributed by atoms with Crippen molar-refractivity contribution in [2.75, 3.05) is 26.0 Å². The van der Waals surface area contributed by atoms with Crippen molar-refractivity contribution in [3.05, 3.63) is 28.8 Å². The summed E-state index contributed by atoms with van der Waals surface area (Å²) in [5.41, 5.74) is 0.692. The Bertz CT molecular complexity index is 445. The van der Waals surface area contributed by atoms with Gasteiger partial charge in [0.15, 0.2) is 0 Å². The number of carboxylic acid groups (broad SMARTS) is 1. The van der Waals surface area contributed by atoms with Crippen LogP contribution in [-0.2, 0) is 0 Å². The molecule has 1 aromatic rings. The van der Waals surface area contributed by atoms with Crippen molar-refractivity contribution in [1.29, 1.82) is 0 Å². The van der Waals surface area contributed by atoms with Crippen LogP contribution in [0.4, 0.5) is 5.69 Å². The molecule has 0 fully saturated rings. The first-order valence-electron chi connectivity index (χ1n) is 5.68. The summed E-state index contributed by atoms with van der Waals surface area (Å²) >= 11 is 5.89. The molecule has 1 aromatic carbocycles. The second-order valence-corrected chi connectivity index (χ2v) is 5.49. The topological polar surface area (TPSA) is 52.6 Å². The molecule has 0 bridgehead atoms. The molecular weight excluding hydrogens is 252 g/mol. The third-order valence-electron chi connectivity index (χ3n) is 3.13. The first kappa shape index (κ1) is 14.8. The predicted molar refractivity (Wildman–Crippen MR) is 74.7 cm³/mol. The molecule has 0 aromatic heterocycles. The van der Waals surface area contributed by atoms with Crippen LogP contribution in [0.15, 0.2) is 18.2 Å². The molecule has 0 atom stereocenters. The van der Waals surface area contributed by atoms with Gasteiger partial charge in [0.1, 0.15) is 0 Å². The van der Waals surface area contributed by atoms with Crippen LogP contribution in [0.25, 0.3) is 0 Å². The molecule has 0 saturated heterocycles. The number of halogens is 1. The van der Waals surface area contributed by atoms with Crippen LogP contribution >= 0.6 is 11.6 Å². The van der Waals surface area contributed by atoms with Crippen LogP contribution in [0.1, 0.15) is 24.2 Å². The summed E-state index contributed by atoms with van der Waals surface area (Å²) in [5, 5.41) is 12.8. The number of rotatable bonds is 5. The highest BCUT2D eigenvalue weighted by Crippen LogP contribution is 2.22. The van der Waals surface area contributed by atoms with Gasteiger partial charge in [-0.05, 0) is 46.1 Å². The average Bonchev–Trinajstić information content (AvgIpc) is 2.26. The lowest BCUT2D eigenvalue weighted by Crippen LogP contribution is -2.44. The normalized spacial score (nSPS) is 11.7. The van der Waals surface area contributed by atoms with Crippen LogP contribution in [0.5, 0.6) is 0 Å². The van der Waals surface area contributed by atoms with E-state index in [-0.39, 0.29) is 11.1 Å². The van der Waals surface area contributed by atoms with Gasteiger partial charge in [-0.25, -0.2) is 4.79 Å². The van der Waals surface area contributed by atoms with Gasteiger partial charge in [0, 0.05) is 17.1 Å². The number of hydrogen-bond acceptors (Lipinski definition) is 3. The highest BCUT2D eigenvalue weighted by molar-refractivity contribution is 6.31. The molecule has 5 heteroatoms. The van der Waals surface area contributed by atoms with Gasteiger partial charge in [-0.3, -0.25) is 0 Å². The molecule has 0 unspecified atom stereocenters. The fraction of sp³-hybridized carbons (Fsp3) is 0.462. The van der Waals surface area contributed by atoms with Crippen molar-refractivity contribution in [3.8, 4) is 0 Å². The van der Waals surface area contributed by atoms with Gasteiger partial charge in [0.05, 0.1) is 11.3 Å². The Labute approximate surface area is 113 Å². The zero-order valence-electron chi connectivity index (χ0n) is 11.1. The number of likely N-dealkylation sites (N-methyl/N-ethyl adjacent to an activating group) is 1. The zero-order chi connectivity index (χ0) is 13.9. The third-order valence-corrected chi connectivity index (χ3v) is 3.37. The van der Waals surface area contributed by atoms with Crippen LogP contribution < -0.4 is 5.32 Å². The molecule has 0 aliphatic rings. The van der Waals surface area contributed by atoms with Crippen molar-refractivity contribution >= 4 is 23.3 Å². The molecule has 2 N–H and O–H groups in total. The predicted octanol–water partition coefficient (Wildman–Crippen LogP) is 2.79. The third kappa shape index (κ3) is 3.62. The van der Waals surface area contributed by atoms with Crippen molar-refractivity contribution in [3.63, 3.8) is 0 Å². The number of nitrogens with one attached hydrogen (secondary N) is 1. The maximum Gasteiger partial charge on any atom is 0.337 e. The summed E-state index contributed by atoms with van der Waals surface area (Å²) in [4.78, 5) is 13.2. The maximum absolute atomic E-state index is 11.1. The molecule has 0 spiro atoms. The zero-order valence-corrected chi connectivity index (χ0v) is 11.9. The van der Waals surface area contributed by atoms with Gasteiger partial charge in [0.25, 0.3) is 0 Å². The van der Waals surface area contributed by atoms with E-state index in [1.807, 2.05) is 14.1 Å². The number of hydrogen-bond donors (Lipinski definition) is 2. The number of aromatic carboxylic acids is 1. The van der Waals surface area contributed by atoms with Crippen molar-refractivity contribution < 1.29 is 9.90 Å². The Kier molecular flexibility index (Phi) is 4.59. The first-order valence-corrected chi connectivity index (χ1v) is 6.06. The summed E-state index contributed by atoms with van der Waals surface area (Å²) in [6, 6.07) is 4.72. The molecule has 0 saturated carbocycles. The van der Waals surface area contributed by atoms with Crippen molar-refractivity contribution in [2.45, 2.75) is 19.4 Å². The summed E-state index contributed by atoms with van der Waals surface area (Å²) in [6.45, 7) is 4.77. The second kappa shape index (κ2) is 5.59. The summed E-state index contributed by atoms with van der Waals surface area (Å²) in [7, 11) is 3.97. The maximum atomic E-state index is 11.1. The molecular formula is C13H19ClN2O2. The lowest BCUT2D eigenvalue weighted by molar-refractivity contribution is 0.0698. The number of carbonyl (C=O) groups is 1. The van der Waals surface area contributed by atoms with Crippen LogP contribution in [0, 0.1) is 0 Å². The molecule has 0 aliphatic heterocycles. The summed E-state index contributed by atoms with van der Waals surface area (Å²) < 4.78 is 0. The number of carboxylic acids is 1. The van der Waals surface area contributed by atoms with Gasteiger partial charge < -0.3 is 15.3 Å². The van der Waals surface area contributed by atoms with Gasteiger partial charge in [-0.1, -0.05) is 11.6 Å². The standard InChI is InChI=1S/C13H19ClN2O2/c1-13(2,16(3)4)8-15-11-7-9(14)5-6-10(11)12(17)18/h5-7,15H,8H2,1-4H3,(H,17,18). The van der Waals surface area contributed by atoms with Gasteiger partial charge >= 0.3 is 5.97 Å². The Morgan fingerprint density at radius 2 is 2.06 bits per heavy atom. The van der Waals surface area contributed by atoms with Gasteiger partial charge in [-0.15, -0.1) is 0 Å². The fourth-order valence-electron chi connectivity index (χ4n) is 1.32. The molecule has 0 radical (unpaired) electrons. The van der Waals surface area contributed by atoms with Crippen LogP contribution in [0.2, 0.25) is 5.02 Å². The lowest BCUT2D eigenvalue weighted by Gasteiger charge is -2.33. The van der Waals surface area contributed by atoms with E-state index in [1.165, 1.54) is 6.07 Å². The number of nitrogens with zero attached hydrogens (tertiary/aromatic N) is 1. The number of benzene rings is 1. The van der Waals surface area contributed by atoms with E-state index in [4.69, 9.17) is 16.7 Å². The Morgan fingerprint density at radius 3 is 2.56 bits per heavy atom. The van der Waals surface area contributed by atoms with E-state index < -0.39 is 5.97 Å². The Morgan fingerprint density at radius 1 is 1.44 bits per heavy atom. The average molecular weight is 271 g/mol. The molecule has 0 heterocycles. The van der Waals surface area contributed by atoms with Gasteiger partial charge in [-0.2, -0.15) is 0 Å². The molecule has 100 valence electrons. The monoisotopic (exact) mass is 270 g/mol. The van der Waals surface area contributed by atoms with E-state index in [0.29, 0.717) is 17.3 Å². The molecule has 18 heavy (non-hydrogen) atoms. The van der Waals surface area contributed by atoms with Crippen molar-refractivity contribution in [1.82, 2.24) is 4.90 Å². The highest BCUT2D eigenvalue weighted by atomic mass is 35.5. The van der Waals surface area contributed by atoms with Crippen LogP contribution in [0.3, 0.4) is 0 Å². The Hall–Kier alpha value is -1.26. The quantitative estimate of drug-likeness (QED) is 0.864. The van der Waals surface area contributed by atoms with E-state index in [0.717, 1.165) is 0 Å². The van der Waals surface area contributed by atoms with Crippen molar-refractivity contribution in [2.24, 2.45) is 0 Å². The van der Waals surface area contributed by atoms with E-state index in [1.54, 1.807) is 12.1 Å². The lowest BCUT2D eigenvalue weighted by atomic mass is 10.0. The molecule has 0 amide bonds. The summed E-state index contributed by atoms with van der Waals surface area (Å²) in [5.74, 6) is -0.961. The number of anilines is 1. The molecule has 1 rings (SSSR count). The van der Waals surface area contributed by atoms with E-state index in [9.17, 15) is 4.79 Å². The highest BCUT2D eigenvalue weighted by Gasteiger charge is 2.21. The fourth-order valence-corrected chi connectivity index (χ4v) is 1.49. The smallest absolute Gasteiger partial charge is 0.337 e. The summed E-state index contributed by atoms with van der Waals surface area (Å²) in [6.07, 6.45) is 0. The minimum absolute atomic E-state index is 0.0852. The molecule has 0 aliphatic carbocycles.